The summed E-state index contributed by atoms with van der Waals surface area (Å²) in [5.74, 6) is -0.170. The second-order valence-electron chi connectivity index (χ2n) is 4.75. The van der Waals surface area contributed by atoms with Gasteiger partial charge in [-0.1, -0.05) is 18.2 Å². The summed E-state index contributed by atoms with van der Waals surface area (Å²) in [5, 5.41) is 19.1. The molecule has 0 unspecified atom stereocenters. The van der Waals surface area contributed by atoms with Gasteiger partial charge in [-0.05, 0) is 30.4 Å². The van der Waals surface area contributed by atoms with Gasteiger partial charge in [-0.3, -0.25) is 0 Å². The zero-order chi connectivity index (χ0) is 14.6. The lowest BCUT2D eigenvalue weighted by Gasteiger charge is -2.39. The normalized spacial score (nSPS) is 24.4. The maximum atomic E-state index is 9.57. The van der Waals surface area contributed by atoms with Crippen molar-refractivity contribution >= 4 is 11.8 Å². The average Bonchev–Trinajstić information content (AvgIpc) is 2.53. The van der Waals surface area contributed by atoms with Gasteiger partial charge in [0.05, 0.1) is 12.1 Å². The van der Waals surface area contributed by atoms with E-state index in [-0.39, 0.29) is 5.92 Å². The minimum Gasteiger partial charge on any atom is -0.371 e. The van der Waals surface area contributed by atoms with Crippen LogP contribution in [0.4, 0.5) is 0 Å². The lowest BCUT2D eigenvalue weighted by atomic mass is 9.68. The van der Waals surface area contributed by atoms with Crippen LogP contribution in [0.25, 0.3) is 0 Å². The van der Waals surface area contributed by atoms with Crippen LogP contribution >= 0.6 is 11.8 Å². The highest BCUT2D eigenvalue weighted by Crippen LogP contribution is 2.47. The molecule has 3 nitrogen and oxygen atoms in total. The van der Waals surface area contributed by atoms with Crippen LogP contribution in [0.2, 0.25) is 0 Å². The molecule has 1 aromatic carbocycles. The molecule has 2 atom stereocenters. The molecule has 0 N–H and O–H groups in total. The summed E-state index contributed by atoms with van der Waals surface area (Å²) in [6.07, 6.45) is 3.85. The van der Waals surface area contributed by atoms with Gasteiger partial charge in [0.1, 0.15) is 6.10 Å². The van der Waals surface area contributed by atoms with Crippen LogP contribution < -0.4 is 0 Å². The summed E-state index contributed by atoms with van der Waals surface area (Å²) in [6, 6.07) is 12.2. The predicted molar refractivity (Wildman–Crippen MR) is 78.9 cm³/mol. The minimum absolute atomic E-state index is 0.170. The van der Waals surface area contributed by atoms with Crippen molar-refractivity contribution in [3.05, 3.63) is 42.5 Å². The summed E-state index contributed by atoms with van der Waals surface area (Å²) < 4.78 is 5.77. The molecule has 0 aromatic heterocycles. The van der Waals surface area contributed by atoms with Crippen LogP contribution in [0.3, 0.4) is 0 Å². The Balaban J connectivity index is 2.44. The second kappa shape index (κ2) is 6.13. The van der Waals surface area contributed by atoms with Crippen LogP contribution in [-0.4, -0.2) is 12.9 Å². The van der Waals surface area contributed by atoms with Crippen molar-refractivity contribution in [2.75, 3.05) is 12.9 Å². The van der Waals surface area contributed by atoms with Gasteiger partial charge in [-0.25, -0.2) is 0 Å². The summed E-state index contributed by atoms with van der Waals surface area (Å²) >= 11 is 1.65. The van der Waals surface area contributed by atoms with E-state index in [9.17, 15) is 10.5 Å². The highest BCUT2D eigenvalue weighted by molar-refractivity contribution is 7.98. The number of hydrogen-bond acceptors (Lipinski definition) is 4. The molecule has 1 aromatic rings. The second-order valence-corrected chi connectivity index (χ2v) is 5.63. The quantitative estimate of drug-likeness (QED) is 0.627. The smallest absolute Gasteiger partial charge is 0.180 e. The van der Waals surface area contributed by atoms with Gasteiger partial charge in [0.15, 0.2) is 5.41 Å². The van der Waals surface area contributed by atoms with Crippen LogP contribution in [0.5, 0.6) is 0 Å². The van der Waals surface area contributed by atoms with Crippen LogP contribution in [0.1, 0.15) is 18.1 Å². The molecular formula is C16H16N2OS. The number of hydrogen-bond donors (Lipinski definition) is 0. The van der Waals surface area contributed by atoms with E-state index in [1.165, 1.54) is 0 Å². The van der Waals surface area contributed by atoms with E-state index >= 15 is 0 Å². The molecule has 20 heavy (non-hydrogen) atoms. The Hall–Kier alpha value is -1.75. The van der Waals surface area contributed by atoms with Gasteiger partial charge in [-0.2, -0.15) is 10.5 Å². The van der Waals surface area contributed by atoms with E-state index in [4.69, 9.17) is 4.74 Å². The fourth-order valence-corrected chi connectivity index (χ4v) is 3.02. The summed E-state index contributed by atoms with van der Waals surface area (Å²) in [6.45, 7) is 4.31. The molecule has 102 valence electrons. The fourth-order valence-electron chi connectivity index (χ4n) is 2.62. The van der Waals surface area contributed by atoms with Crippen molar-refractivity contribution in [1.82, 2.24) is 0 Å². The molecule has 0 radical (unpaired) electrons. The van der Waals surface area contributed by atoms with Crippen molar-refractivity contribution in [3.63, 3.8) is 0 Å². The van der Waals surface area contributed by atoms with Gasteiger partial charge in [0, 0.05) is 17.4 Å². The van der Waals surface area contributed by atoms with Gasteiger partial charge in [0.25, 0.3) is 0 Å². The summed E-state index contributed by atoms with van der Waals surface area (Å²) in [4.78, 5) is 1.14. The molecule has 0 bridgehead atoms. The van der Waals surface area contributed by atoms with Gasteiger partial charge in [0.2, 0.25) is 0 Å². The number of allylic oxidation sites excluding steroid dienone is 1. The standard InChI is InChI=1S/C16H16N2OS/c1-3-13-8-9-19-15(16(13,10-17)11-18)12-4-6-14(20-2)7-5-12/h3-7,13,15H,1,8-9H2,2H3/t13-,15-/m1/s1. The molecule has 0 aliphatic carbocycles. The molecule has 0 spiro atoms. The number of ether oxygens (including phenoxy) is 1. The Labute approximate surface area is 123 Å². The Bertz CT molecular complexity index is 554. The van der Waals surface area contributed by atoms with Crippen LogP contribution in [0, 0.1) is 34.0 Å². The topological polar surface area (TPSA) is 56.8 Å². The molecule has 0 saturated carbocycles. The zero-order valence-corrected chi connectivity index (χ0v) is 12.2. The van der Waals surface area contributed by atoms with E-state index < -0.39 is 11.5 Å². The monoisotopic (exact) mass is 284 g/mol. The molecular weight excluding hydrogens is 268 g/mol. The zero-order valence-electron chi connectivity index (χ0n) is 11.4. The van der Waals surface area contributed by atoms with Gasteiger partial charge < -0.3 is 4.74 Å². The van der Waals surface area contributed by atoms with Crippen molar-refractivity contribution in [3.8, 4) is 12.1 Å². The minimum atomic E-state index is -1.19. The number of benzene rings is 1. The first kappa shape index (κ1) is 14.7. The summed E-state index contributed by atoms with van der Waals surface area (Å²) in [7, 11) is 0. The maximum absolute atomic E-state index is 9.57. The third-order valence-corrected chi connectivity index (χ3v) is 4.53. The van der Waals surface area contributed by atoms with Gasteiger partial charge in [-0.15, -0.1) is 18.3 Å². The molecule has 4 heteroatoms. The van der Waals surface area contributed by atoms with E-state index in [1.807, 2.05) is 30.5 Å². The highest BCUT2D eigenvalue weighted by Gasteiger charge is 2.49. The van der Waals surface area contributed by atoms with Crippen molar-refractivity contribution in [2.45, 2.75) is 17.4 Å². The molecule has 1 aliphatic rings. The maximum Gasteiger partial charge on any atom is 0.180 e. The lowest BCUT2D eigenvalue weighted by Crippen LogP contribution is -2.39. The van der Waals surface area contributed by atoms with E-state index in [2.05, 4.69) is 18.7 Å². The Kier molecular flexibility index (Phi) is 4.49. The predicted octanol–water partition coefficient (Wildman–Crippen LogP) is 3.71. The number of nitrogens with zero attached hydrogens (tertiary/aromatic N) is 2. The average molecular weight is 284 g/mol. The third kappa shape index (κ3) is 2.33. The molecule has 0 amide bonds. The lowest BCUT2D eigenvalue weighted by molar-refractivity contribution is -0.0577. The first-order chi connectivity index (χ1) is 9.71. The summed E-state index contributed by atoms with van der Waals surface area (Å²) in [5.41, 5.74) is -0.321. The van der Waals surface area contributed by atoms with Crippen molar-refractivity contribution in [2.24, 2.45) is 11.3 Å². The molecule has 1 heterocycles. The number of nitriles is 2. The number of rotatable bonds is 3. The Morgan fingerprint density at radius 3 is 2.50 bits per heavy atom. The van der Waals surface area contributed by atoms with E-state index in [1.54, 1.807) is 17.8 Å². The third-order valence-electron chi connectivity index (χ3n) is 3.78. The first-order valence-electron chi connectivity index (χ1n) is 6.42. The van der Waals surface area contributed by atoms with E-state index in [0.717, 1.165) is 10.5 Å². The molecule has 1 fully saturated rings. The highest BCUT2D eigenvalue weighted by atomic mass is 32.2. The molecule has 2 rings (SSSR count). The number of thioether (sulfide) groups is 1. The van der Waals surface area contributed by atoms with Crippen molar-refractivity contribution in [1.29, 1.82) is 10.5 Å². The first-order valence-corrected chi connectivity index (χ1v) is 7.65. The molecule has 1 aliphatic heterocycles. The van der Waals surface area contributed by atoms with Gasteiger partial charge >= 0.3 is 0 Å². The SMILES string of the molecule is C=C[C@@H]1CCO[C@H](c2ccc(SC)cc2)C1(C#N)C#N. The Morgan fingerprint density at radius 1 is 1.35 bits per heavy atom. The Morgan fingerprint density at radius 2 is 2.00 bits per heavy atom. The van der Waals surface area contributed by atoms with Crippen LogP contribution in [0.15, 0.2) is 41.8 Å². The van der Waals surface area contributed by atoms with Crippen LogP contribution in [-0.2, 0) is 4.74 Å². The fraction of sp³-hybridized carbons (Fsp3) is 0.375. The van der Waals surface area contributed by atoms with E-state index in [0.29, 0.717) is 13.0 Å². The van der Waals surface area contributed by atoms with Crippen molar-refractivity contribution < 1.29 is 4.74 Å². The molecule has 1 saturated heterocycles. The largest absolute Gasteiger partial charge is 0.371 e.